The van der Waals surface area contributed by atoms with Crippen LogP contribution in [0.15, 0.2) is 24.4 Å². The maximum absolute atomic E-state index is 12.4. The summed E-state index contributed by atoms with van der Waals surface area (Å²) in [6.45, 7) is 5.08. The van der Waals surface area contributed by atoms with Gasteiger partial charge in [-0.15, -0.1) is 13.2 Å². The second-order valence-electron chi connectivity index (χ2n) is 5.72. The molecule has 2 aromatic rings. The number of nitrogens with zero attached hydrogens (tertiary/aromatic N) is 1. The molecule has 0 amide bonds. The Bertz CT molecular complexity index is 945. The van der Waals surface area contributed by atoms with Gasteiger partial charge in [0.05, 0.1) is 6.61 Å². The fourth-order valence-electron chi connectivity index (χ4n) is 2.65. The van der Waals surface area contributed by atoms with Crippen molar-refractivity contribution in [3.8, 4) is 34.8 Å². The van der Waals surface area contributed by atoms with Crippen LogP contribution in [0.2, 0.25) is 0 Å². The van der Waals surface area contributed by atoms with Crippen molar-refractivity contribution in [2.75, 3.05) is 6.61 Å². The number of carbonyl (C=O) groups excluding carboxylic acids is 1. The van der Waals surface area contributed by atoms with E-state index in [1.807, 2.05) is 0 Å². The largest absolute Gasteiger partial charge is 0.574 e. The van der Waals surface area contributed by atoms with Crippen LogP contribution in [0.3, 0.4) is 0 Å². The number of carbonyl (C=O) groups is 1. The number of benzene rings is 1. The Morgan fingerprint density at radius 2 is 2.03 bits per heavy atom. The molecule has 0 aliphatic heterocycles. The Morgan fingerprint density at radius 1 is 1.31 bits per heavy atom. The molecule has 1 aromatic carbocycles. The first kappa shape index (κ1) is 22.0. The zero-order chi connectivity index (χ0) is 21.6. The van der Waals surface area contributed by atoms with Crippen molar-refractivity contribution in [2.24, 2.45) is 5.73 Å². The van der Waals surface area contributed by atoms with Crippen molar-refractivity contribution < 1.29 is 32.2 Å². The van der Waals surface area contributed by atoms with E-state index in [0.29, 0.717) is 22.3 Å². The summed E-state index contributed by atoms with van der Waals surface area (Å²) < 4.78 is 51.3. The minimum absolute atomic E-state index is 0.0000379. The first-order chi connectivity index (χ1) is 13.7. The lowest BCUT2D eigenvalue weighted by Gasteiger charge is -2.17. The number of pyridine rings is 1. The highest BCUT2D eigenvalue weighted by molar-refractivity contribution is 5.96. The Hall–Kier alpha value is -3.25. The summed E-state index contributed by atoms with van der Waals surface area (Å²) in [7, 11) is 0. The minimum atomic E-state index is -4.84. The number of ether oxygens (including phenoxy) is 3. The van der Waals surface area contributed by atoms with Gasteiger partial charge in [0.2, 0.25) is 5.88 Å². The van der Waals surface area contributed by atoms with Crippen molar-refractivity contribution >= 4 is 5.97 Å². The zero-order valence-electron chi connectivity index (χ0n) is 16.0. The van der Waals surface area contributed by atoms with E-state index < -0.39 is 18.2 Å². The van der Waals surface area contributed by atoms with Gasteiger partial charge in [0, 0.05) is 36.9 Å². The monoisotopic (exact) mass is 408 g/mol. The van der Waals surface area contributed by atoms with E-state index >= 15 is 0 Å². The molecule has 0 aliphatic rings. The molecule has 0 radical (unpaired) electrons. The molecule has 1 heterocycles. The summed E-state index contributed by atoms with van der Waals surface area (Å²) in [6.07, 6.45) is -1.16. The van der Waals surface area contributed by atoms with Crippen LogP contribution >= 0.6 is 0 Å². The molecule has 9 heteroatoms. The Labute approximate surface area is 165 Å². The highest BCUT2D eigenvalue weighted by atomic mass is 19.4. The average Bonchev–Trinajstić information content (AvgIpc) is 2.66. The lowest BCUT2D eigenvalue weighted by atomic mass is 9.93. The van der Waals surface area contributed by atoms with Gasteiger partial charge in [-0.05, 0) is 37.1 Å². The van der Waals surface area contributed by atoms with E-state index in [1.165, 1.54) is 12.3 Å². The SMILES string of the molecule is CC#COc1c(C)c(-c2ccc(OC(F)(F)F)nc2)cc(CN)c1C(=O)OCC. The predicted octanol–water partition coefficient (Wildman–Crippen LogP) is 3.95. The fraction of sp³-hybridized carbons (Fsp3) is 0.300. The van der Waals surface area contributed by atoms with Gasteiger partial charge in [-0.3, -0.25) is 0 Å². The summed E-state index contributed by atoms with van der Waals surface area (Å²) in [5.41, 5.74) is 7.98. The van der Waals surface area contributed by atoms with Crippen molar-refractivity contribution in [3.63, 3.8) is 0 Å². The van der Waals surface area contributed by atoms with E-state index in [2.05, 4.69) is 21.7 Å². The van der Waals surface area contributed by atoms with E-state index in [9.17, 15) is 18.0 Å². The number of aromatic nitrogens is 1. The van der Waals surface area contributed by atoms with Crippen molar-refractivity contribution in [1.29, 1.82) is 0 Å². The Balaban J connectivity index is 2.60. The molecule has 0 atom stereocenters. The summed E-state index contributed by atoms with van der Waals surface area (Å²) in [4.78, 5) is 16.1. The number of nitrogens with two attached hydrogens (primary N) is 1. The fourth-order valence-corrected chi connectivity index (χ4v) is 2.65. The molecule has 2 N–H and O–H groups in total. The maximum atomic E-state index is 12.4. The zero-order valence-corrected chi connectivity index (χ0v) is 16.0. The third-order valence-electron chi connectivity index (χ3n) is 3.83. The Morgan fingerprint density at radius 3 is 2.55 bits per heavy atom. The molecular formula is C20H19F3N2O4. The lowest BCUT2D eigenvalue weighted by molar-refractivity contribution is -0.276. The van der Waals surface area contributed by atoms with E-state index in [4.69, 9.17) is 15.2 Å². The van der Waals surface area contributed by atoms with Gasteiger partial charge in [0.25, 0.3) is 0 Å². The summed E-state index contributed by atoms with van der Waals surface area (Å²) in [5.74, 6) is 1.55. The van der Waals surface area contributed by atoms with E-state index in [-0.39, 0.29) is 24.5 Å². The van der Waals surface area contributed by atoms with E-state index in [1.54, 1.807) is 26.8 Å². The number of rotatable bonds is 6. The number of alkyl halides is 3. The standard InChI is InChI=1S/C20H19F3N2O4/c1-4-8-28-18-12(3)15(9-14(10-24)17(18)19(26)27-5-2)13-6-7-16(25-11-13)29-20(21,22)23/h6-7,9,11H,5,10,24H2,1-3H3. The van der Waals surface area contributed by atoms with Gasteiger partial charge in [0.15, 0.2) is 5.75 Å². The first-order valence-electron chi connectivity index (χ1n) is 8.56. The van der Waals surface area contributed by atoms with Gasteiger partial charge in [-0.1, -0.05) is 5.92 Å². The van der Waals surface area contributed by atoms with Crippen LogP contribution in [-0.2, 0) is 11.3 Å². The van der Waals surface area contributed by atoms with Crippen LogP contribution < -0.4 is 15.2 Å². The highest BCUT2D eigenvalue weighted by Crippen LogP contribution is 2.36. The number of esters is 1. The third-order valence-corrected chi connectivity index (χ3v) is 3.83. The van der Waals surface area contributed by atoms with Crippen LogP contribution in [-0.4, -0.2) is 23.9 Å². The molecule has 0 spiro atoms. The minimum Gasteiger partial charge on any atom is -0.462 e. The second kappa shape index (κ2) is 9.30. The van der Waals surface area contributed by atoms with Gasteiger partial charge in [-0.25, -0.2) is 9.78 Å². The Kier molecular flexibility index (Phi) is 7.07. The molecule has 0 fully saturated rings. The number of hydrogen-bond donors (Lipinski definition) is 1. The first-order valence-corrected chi connectivity index (χ1v) is 8.56. The van der Waals surface area contributed by atoms with Crippen LogP contribution in [0, 0.1) is 19.0 Å². The van der Waals surface area contributed by atoms with Crippen LogP contribution in [0.25, 0.3) is 11.1 Å². The molecule has 0 aliphatic carbocycles. The predicted molar refractivity (Wildman–Crippen MR) is 99.0 cm³/mol. The summed E-state index contributed by atoms with van der Waals surface area (Å²) >= 11 is 0. The number of halogens is 3. The third kappa shape index (κ3) is 5.39. The highest BCUT2D eigenvalue weighted by Gasteiger charge is 2.31. The maximum Gasteiger partial charge on any atom is 0.574 e. The average molecular weight is 408 g/mol. The van der Waals surface area contributed by atoms with Crippen LogP contribution in [0.4, 0.5) is 13.2 Å². The normalized spacial score (nSPS) is 10.7. The number of hydrogen-bond acceptors (Lipinski definition) is 6. The van der Waals surface area contributed by atoms with Gasteiger partial charge in [0.1, 0.15) is 11.7 Å². The second-order valence-corrected chi connectivity index (χ2v) is 5.72. The van der Waals surface area contributed by atoms with Gasteiger partial charge >= 0.3 is 12.3 Å². The van der Waals surface area contributed by atoms with Crippen LogP contribution in [0.1, 0.15) is 35.3 Å². The summed E-state index contributed by atoms with van der Waals surface area (Å²) in [6, 6.07) is 4.15. The molecule has 29 heavy (non-hydrogen) atoms. The van der Waals surface area contributed by atoms with Crippen LogP contribution in [0.5, 0.6) is 11.6 Å². The quantitative estimate of drug-likeness (QED) is 0.576. The van der Waals surface area contributed by atoms with Crippen molar-refractivity contribution in [2.45, 2.75) is 33.7 Å². The molecule has 154 valence electrons. The topological polar surface area (TPSA) is 83.7 Å². The molecule has 0 bridgehead atoms. The molecule has 6 nitrogen and oxygen atoms in total. The van der Waals surface area contributed by atoms with Gasteiger partial charge in [-0.2, -0.15) is 0 Å². The molecular weight excluding hydrogens is 389 g/mol. The molecule has 0 unspecified atom stereocenters. The molecule has 0 saturated carbocycles. The van der Waals surface area contributed by atoms with Crippen molar-refractivity contribution in [1.82, 2.24) is 4.98 Å². The lowest BCUT2D eigenvalue weighted by Crippen LogP contribution is -2.17. The van der Waals surface area contributed by atoms with Crippen molar-refractivity contribution in [3.05, 3.63) is 41.1 Å². The summed E-state index contributed by atoms with van der Waals surface area (Å²) in [5, 5.41) is 0. The molecule has 1 aromatic heterocycles. The molecule has 2 rings (SSSR count). The smallest absolute Gasteiger partial charge is 0.462 e. The molecule has 0 saturated heterocycles. The van der Waals surface area contributed by atoms with Gasteiger partial charge < -0.3 is 19.9 Å². The van der Waals surface area contributed by atoms with E-state index in [0.717, 1.165) is 6.07 Å².